The molecule has 29 heavy (non-hydrogen) atoms. The zero-order chi connectivity index (χ0) is 20.2. The van der Waals surface area contributed by atoms with Crippen molar-refractivity contribution in [1.29, 1.82) is 0 Å². The molecule has 4 nitrogen and oxygen atoms in total. The smallest absolute Gasteiger partial charge is 0.227 e. The number of hydrogen-bond acceptors (Lipinski definition) is 5. The summed E-state index contributed by atoms with van der Waals surface area (Å²) >= 11 is 1.75. The van der Waals surface area contributed by atoms with Crippen LogP contribution in [0.3, 0.4) is 0 Å². The summed E-state index contributed by atoms with van der Waals surface area (Å²) in [6.07, 6.45) is 2.41. The van der Waals surface area contributed by atoms with E-state index in [0.29, 0.717) is 12.4 Å². The molecule has 0 saturated carbocycles. The summed E-state index contributed by atoms with van der Waals surface area (Å²) in [7, 11) is 0. The highest BCUT2D eigenvalue weighted by molar-refractivity contribution is 7.18. The van der Waals surface area contributed by atoms with Crippen molar-refractivity contribution in [3.63, 3.8) is 0 Å². The van der Waals surface area contributed by atoms with Crippen molar-refractivity contribution < 1.29 is 5.11 Å². The molecule has 0 amide bonds. The Kier molecular flexibility index (Phi) is 5.69. The first kappa shape index (κ1) is 19.3. The second-order valence-corrected chi connectivity index (χ2v) is 8.08. The number of nitrogens with zero attached hydrogens (tertiary/aromatic N) is 2. The van der Waals surface area contributed by atoms with E-state index in [9.17, 15) is 0 Å². The van der Waals surface area contributed by atoms with Gasteiger partial charge >= 0.3 is 0 Å². The number of rotatable bonds is 6. The molecule has 2 heterocycles. The number of nitrogens with one attached hydrogen (secondary N) is 1. The highest BCUT2D eigenvalue weighted by Gasteiger charge is 2.11. The van der Waals surface area contributed by atoms with Crippen molar-refractivity contribution in [3.8, 4) is 21.0 Å². The summed E-state index contributed by atoms with van der Waals surface area (Å²) in [6, 6.07) is 20.6. The first-order valence-electron chi connectivity index (χ1n) is 9.61. The lowest BCUT2D eigenvalue weighted by Crippen LogP contribution is -1.98. The third kappa shape index (κ3) is 4.36. The Balaban J connectivity index is 1.60. The van der Waals surface area contributed by atoms with Crippen LogP contribution in [0.15, 0.2) is 66.9 Å². The normalized spacial score (nSPS) is 10.9. The van der Waals surface area contributed by atoms with Crippen LogP contribution in [0, 0.1) is 13.8 Å². The van der Waals surface area contributed by atoms with Crippen LogP contribution in [0.1, 0.15) is 16.7 Å². The number of hydrogen-bond donors (Lipinski definition) is 2. The maximum absolute atomic E-state index is 9.14. The maximum Gasteiger partial charge on any atom is 0.227 e. The molecule has 0 radical (unpaired) electrons. The molecular weight excluding hydrogens is 378 g/mol. The van der Waals surface area contributed by atoms with Gasteiger partial charge in [-0.15, -0.1) is 11.3 Å². The number of aryl methyl sites for hydroxylation is 2. The fourth-order valence-corrected chi connectivity index (χ4v) is 4.58. The second-order valence-electron chi connectivity index (χ2n) is 7.00. The summed E-state index contributed by atoms with van der Waals surface area (Å²) in [5.74, 6) is 0.561. The molecule has 0 unspecified atom stereocenters. The molecule has 2 aromatic heterocycles. The third-order valence-electron chi connectivity index (χ3n) is 4.83. The van der Waals surface area contributed by atoms with Gasteiger partial charge in [0.1, 0.15) is 0 Å². The molecule has 0 fully saturated rings. The lowest BCUT2D eigenvalue weighted by Gasteiger charge is -2.08. The molecule has 0 atom stereocenters. The van der Waals surface area contributed by atoms with E-state index >= 15 is 0 Å². The van der Waals surface area contributed by atoms with Crippen molar-refractivity contribution in [2.24, 2.45) is 0 Å². The lowest BCUT2D eigenvalue weighted by atomic mass is 10.0. The first-order chi connectivity index (χ1) is 14.1. The Labute approximate surface area is 174 Å². The van der Waals surface area contributed by atoms with Gasteiger partial charge in [-0.25, -0.2) is 9.97 Å². The van der Waals surface area contributed by atoms with Gasteiger partial charge in [0, 0.05) is 23.4 Å². The number of anilines is 2. The van der Waals surface area contributed by atoms with E-state index in [1.165, 1.54) is 21.6 Å². The maximum atomic E-state index is 9.14. The average molecular weight is 402 g/mol. The molecule has 2 aromatic carbocycles. The van der Waals surface area contributed by atoms with Gasteiger partial charge in [-0.1, -0.05) is 30.3 Å². The van der Waals surface area contributed by atoms with Crippen LogP contribution in [0.4, 0.5) is 11.6 Å². The fraction of sp³-hybridized carbons (Fsp3) is 0.167. The molecule has 146 valence electrons. The Morgan fingerprint density at radius 1 is 0.931 bits per heavy atom. The molecule has 0 bridgehead atoms. The standard InChI is InChI=1S/C24H23N3OS/c1-16-5-3-6-17(2)23(16)22-10-9-21(29-22)20-11-13-25-24(27-20)26-19-8-4-7-18(15-19)12-14-28/h3-11,13,15,28H,12,14H2,1-2H3,(H,25,26,27). The molecule has 0 saturated heterocycles. The Hall–Kier alpha value is -3.02. The highest BCUT2D eigenvalue weighted by atomic mass is 32.1. The van der Waals surface area contributed by atoms with Gasteiger partial charge in [-0.2, -0.15) is 0 Å². The van der Waals surface area contributed by atoms with E-state index < -0.39 is 0 Å². The van der Waals surface area contributed by atoms with E-state index in [1.54, 1.807) is 17.5 Å². The van der Waals surface area contributed by atoms with Crippen LogP contribution in [0.5, 0.6) is 0 Å². The molecule has 4 aromatic rings. The van der Waals surface area contributed by atoms with Crippen LogP contribution in [0.2, 0.25) is 0 Å². The van der Waals surface area contributed by atoms with E-state index in [1.807, 2.05) is 30.3 Å². The third-order valence-corrected chi connectivity index (χ3v) is 5.95. The summed E-state index contributed by atoms with van der Waals surface area (Å²) < 4.78 is 0. The summed E-state index contributed by atoms with van der Waals surface area (Å²) in [5, 5.41) is 12.4. The van der Waals surface area contributed by atoms with Gasteiger partial charge in [0.15, 0.2) is 0 Å². The minimum absolute atomic E-state index is 0.135. The van der Waals surface area contributed by atoms with Crippen molar-refractivity contribution in [2.75, 3.05) is 11.9 Å². The fourth-order valence-electron chi connectivity index (χ4n) is 3.43. The van der Waals surface area contributed by atoms with Gasteiger partial charge in [-0.05, 0) is 72.9 Å². The number of benzene rings is 2. The molecule has 2 N–H and O–H groups in total. The number of thiophene rings is 1. The van der Waals surface area contributed by atoms with Crippen molar-refractivity contribution in [3.05, 3.63) is 83.6 Å². The molecular formula is C24H23N3OS. The van der Waals surface area contributed by atoms with Gasteiger partial charge in [0.2, 0.25) is 5.95 Å². The van der Waals surface area contributed by atoms with E-state index in [4.69, 9.17) is 10.1 Å². The molecule has 0 spiro atoms. The summed E-state index contributed by atoms with van der Waals surface area (Å²) in [6.45, 7) is 4.44. The molecule has 0 aliphatic heterocycles. The van der Waals surface area contributed by atoms with Gasteiger partial charge < -0.3 is 10.4 Å². The van der Waals surface area contributed by atoms with Crippen molar-refractivity contribution in [1.82, 2.24) is 9.97 Å². The van der Waals surface area contributed by atoms with Crippen molar-refractivity contribution in [2.45, 2.75) is 20.3 Å². The predicted molar refractivity (Wildman–Crippen MR) is 121 cm³/mol. The minimum Gasteiger partial charge on any atom is -0.396 e. The van der Waals surface area contributed by atoms with Crippen molar-refractivity contribution >= 4 is 23.0 Å². The van der Waals surface area contributed by atoms with Crippen LogP contribution in [-0.4, -0.2) is 21.7 Å². The van der Waals surface area contributed by atoms with Gasteiger partial charge in [0.05, 0.1) is 10.6 Å². The number of aromatic nitrogens is 2. The second kappa shape index (κ2) is 8.55. The zero-order valence-electron chi connectivity index (χ0n) is 16.5. The molecule has 0 aliphatic carbocycles. The topological polar surface area (TPSA) is 58.0 Å². The van der Waals surface area contributed by atoms with Crippen LogP contribution >= 0.6 is 11.3 Å². The van der Waals surface area contributed by atoms with Gasteiger partial charge in [0.25, 0.3) is 0 Å². The van der Waals surface area contributed by atoms with E-state index in [0.717, 1.165) is 21.8 Å². The quantitative estimate of drug-likeness (QED) is 0.431. The minimum atomic E-state index is 0.135. The molecule has 0 aliphatic rings. The zero-order valence-corrected chi connectivity index (χ0v) is 17.3. The molecule has 5 heteroatoms. The van der Waals surface area contributed by atoms with E-state index in [2.05, 4.69) is 54.5 Å². The first-order valence-corrected chi connectivity index (χ1v) is 10.4. The Bertz CT molecular complexity index is 1120. The Morgan fingerprint density at radius 3 is 2.48 bits per heavy atom. The molecule has 4 rings (SSSR count). The van der Waals surface area contributed by atoms with Gasteiger partial charge in [-0.3, -0.25) is 0 Å². The monoisotopic (exact) mass is 401 g/mol. The average Bonchev–Trinajstić information content (AvgIpc) is 3.18. The van der Waals surface area contributed by atoms with E-state index in [-0.39, 0.29) is 6.61 Å². The number of aliphatic hydroxyl groups excluding tert-OH is 1. The Morgan fingerprint density at radius 2 is 1.69 bits per heavy atom. The van der Waals surface area contributed by atoms with Crippen LogP contribution in [-0.2, 0) is 6.42 Å². The summed E-state index contributed by atoms with van der Waals surface area (Å²) in [4.78, 5) is 11.4. The lowest BCUT2D eigenvalue weighted by molar-refractivity contribution is 0.299. The SMILES string of the molecule is Cc1cccc(C)c1-c1ccc(-c2ccnc(Nc3cccc(CCO)c3)n2)s1. The predicted octanol–water partition coefficient (Wildman–Crippen LogP) is 5.77. The highest BCUT2D eigenvalue weighted by Crippen LogP contribution is 2.37. The number of aliphatic hydroxyl groups is 1. The van der Waals surface area contributed by atoms with Crippen LogP contribution in [0.25, 0.3) is 21.0 Å². The largest absolute Gasteiger partial charge is 0.396 e. The van der Waals surface area contributed by atoms with Crippen LogP contribution < -0.4 is 5.32 Å². The summed E-state index contributed by atoms with van der Waals surface area (Å²) in [5.41, 5.74) is 6.76.